The van der Waals surface area contributed by atoms with Gasteiger partial charge in [0.25, 0.3) is 0 Å². The lowest BCUT2D eigenvalue weighted by Crippen LogP contribution is -2.12. The fourth-order valence-corrected chi connectivity index (χ4v) is 4.50. The topological polar surface area (TPSA) is 52.1 Å². The van der Waals surface area contributed by atoms with E-state index in [2.05, 4.69) is 67.1 Å². The van der Waals surface area contributed by atoms with Gasteiger partial charge in [-0.3, -0.25) is 0 Å². The van der Waals surface area contributed by atoms with Crippen molar-refractivity contribution in [3.8, 4) is 22.6 Å². The molecule has 4 nitrogen and oxygen atoms in total. The number of benzene rings is 3. The van der Waals surface area contributed by atoms with Gasteiger partial charge in [-0.15, -0.1) is 0 Å². The number of hydrogen-bond acceptors (Lipinski definition) is 4. The summed E-state index contributed by atoms with van der Waals surface area (Å²) in [6.07, 6.45) is 3.28. The third-order valence-corrected chi connectivity index (χ3v) is 6.03. The van der Waals surface area contributed by atoms with Gasteiger partial charge in [0, 0.05) is 16.5 Å². The summed E-state index contributed by atoms with van der Waals surface area (Å²) >= 11 is 0. The van der Waals surface area contributed by atoms with Gasteiger partial charge in [-0.05, 0) is 52.1 Å². The molecule has 0 bridgehead atoms. The molecule has 156 valence electrons. The summed E-state index contributed by atoms with van der Waals surface area (Å²) in [5, 5.41) is 4.39. The number of aromatic nitrogens is 2. The lowest BCUT2D eigenvalue weighted by atomic mass is 9.82. The maximum absolute atomic E-state index is 6.19. The normalized spacial score (nSPS) is 12.2. The Morgan fingerprint density at radius 3 is 2.53 bits per heavy atom. The van der Waals surface area contributed by atoms with Crippen LogP contribution in [0.4, 0.5) is 0 Å². The second-order valence-electron chi connectivity index (χ2n) is 9.18. The highest BCUT2D eigenvalue weighted by atomic mass is 16.3. The Bertz CT molecular complexity index is 1620. The third kappa shape index (κ3) is 2.91. The van der Waals surface area contributed by atoms with Gasteiger partial charge in [0.2, 0.25) is 5.71 Å². The van der Waals surface area contributed by atoms with E-state index in [1.54, 1.807) is 12.6 Å². The van der Waals surface area contributed by atoms with Gasteiger partial charge in [0.05, 0.1) is 17.3 Å². The van der Waals surface area contributed by atoms with E-state index < -0.39 is 0 Å². The Labute approximate surface area is 185 Å². The van der Waals surface area contributed by atoms with Crippen LogP contribution < -0.4 is 0 Å². The molecule has 6 aromatic rings. The smallest absolute Gasteiger partial charge is 0.230 e. The second kappa shape index (κ2) is 6.79. The van der Waals surface area contributed by atoms with Crippen LogP contribution in [0.3, 0.4) is 0 Å². The Hall–Kier alpha value is -3.92. The van der Waals surface area contributed by atoms with Crippen molar-refractivity contribution in [2.45, 2.75) is 26.2 Å². The molecule has 32 heavy (non-hydrogen) atoms. The van der Waals surface area contributed by atoms with E-state index in [1.807, 2.05) is 30.3 Å². The highest BCUT2D eigenvalue weighted by molar-refractivity contribution is 5.99. The molecule has 0 N–H and O–H groups in total. The monoisotopic (exact) mass is 418 g/mol. The quantitative estimate of drug-likeness (QED) is 0.288. The van der Waals surface area contributed by atoms with Crippen molar-refractivity contribution in [2.75, 3.05) is 0 Å². The SMILES string of the molecule is CC(C)(C)c1cc(-c2ncnc3oc(-c4cccc5occc45)cc23)cc2ccccc12. The van der Waals surface area contributed by atoms with Crippen molar-refractivity contribution in [3.63, 3.8) is 0 Å². The molecule has 0 aliphatic rings. The average Bonchev–Trinajstić information content (AvgIpc) is 3.44. The number of rotatable bonds is 2. The van der Waals surface area contributed by atoms with Crippen molar-refractivity contribution in [1.82, 2.24) is 9.97 Å². The van der Waals surface area contributed by atoms with Crippen molar-refractivity contribution in [3.05, 3.63) is 84.9 Å². The van der Waals surface area contributed by atoms with Crippen molar-refractivity contribution in [2.24, 2.45) is 0 Å². The van der Waals surface area contributed by atoms with E-state index in [9.17, 15) is 0 Å². The molecular weight excluding hydrogens is 396 g/mol. The van der Waals surface area contributed by atoms with Gasteiger partial charge < -0.3 is 8.83 Å². The molecule has 0 fully saturated rings. The van der Waals surface area contributed by atoms with Gasteiger partial charge in [0.1, 0.15) is 17.7 Å². The molecular formula is C28H22N2O2. The molecule has 0 aliphatic carbocycles. The van der Waals surface area contributed by atoms with E-state index in [-0.39, 0.29) is 5.41 Å². The molecule has 0 amide bonds. The second-order valence-corrected chi connectivity index (χ2v) is 9.18. The van der Waals surface area contributed by atoms with Crippen LogP contribution in [0.25, 0.3) is 55.4 Å². The summed E-state index contributed by atoms with van der Waals surface area (Å²) in [6, 6.07) is 23.0. The summed E-state index contributed by atoms with van der Waals surface area (Å²) in [5.74, 6) is 0.755. The van der Waals surface area contributed by atoms with Crippen LogP contribution in [0.5, 0.6) is 0 Å². The Kier molecular flexibility index (Phi) is 3.99. The number of furan rings is 2. The van der Waals surface area contributed by atoms with E-state index in [0.29, 0.717) is 5.71 Å². The first-order valence-corrected chi connectivity index (χ1v) is 10.7. The van der Waals surface area contributed by atoms with E-state index in [1.165, 1.54) is 16.3 Å². The van der Waals surface area contributed by atoms with Crippen LogP contribution in [0.1, 0.15) is 26.3 Å². The molecule has 0 saturated carbocycles. The zero-order chi connectivity index (χ0) is 21.9. The highest BCUT2D eigenvalue weighted by Gasteiger charge is 2.21. The molecule has 0 atom stereocenters. The van der Waals surface area contributed by atoms with Crippen LogP contribution in [-0.4, -0.2) is 9.97 Å². The Morgan fingerprint density at radius 1 is 0.781 bits per heavy atom. The highest BCUT2D eigenvalue weighted by Crippen LogP contribution is 2.38. The summed E-state index contributed by atoms with van der Waals surface area (Å²) in [4.78, 5) is 9.09. The number of nitrogens with zero attached hydrogens (tertiary/aromatic N) is 2. The lowest BCUT2D eigenvalue weighted by Gasteiger charge is -2.22. The molecule has 0 spiro atoms. The Balaban J connectivity index is 1.60. The van der Waals surface area contributed by atoms with Crippen molar-refractivity contribution < 1.29 is 8.83 Å². The first kappa shape index (κ1) is 18.8. The molecule has 3 aromatic carbocycles. The summed E-state index contributed by atoms with van der Waals surface area (Å²) in [5.41, 5.74) is 5.63. The van der Waals surface area contributed by atoms with Crippen LogP contribution in [0, 0.1) is 0 Å². The zero-order valence-corrected chi connectivity index (χ0v) is 18.2. The van der Waals surface area contributed by atoms with Gasteiger partial charge >= 0.3 is 0 Å². The molecule has 0 radical (unpaired) electrons. The molecule has 3 aromatic heterocycles. The van der Waals surface area contributed by atoms with E-state index in [4.69, 9.17) is 8.83 Å². The van der Waals surface area contributed by atoms with Crippen molar-refractivity contribution >= 4 is 32.8 Å². The summed E-state index contributed by atoms with van der Waals surface area (Å²) in [7, 11) is 0. The zero-order valence-electron chi connectivity index (χ0n) is 18.2. The van der Waals surface area contributed by atoms with Crippen LogP contribution in [0.15, 0.2) is 88.2 Å². The van der Waals surface area contributed by atoms with Crippen LogP contribution in [-0.2, 0) is 5.41 Å². The van der Waals surface area contributed by atoms with Gasteiger partial charge in [-0.2, -0.15) is 0 Å². The number of hydrogen-bond donors (Lipinski definition) is 0. The summed E-state index contributed by atoms with van der Waals surface area (Å²) < 4.78 is 11.7. The fourth-order valence-electron chi connectivity index (χ4n) is 4.50. The fraction of sp³-hybridized carbons (Fsp3) is 0.143. The van der Waals surface area contributed by atoms with Crippen molar-refractivity contribution in [1.29, 1.82) is 0 Å². The van der Waals surface area contributed by atoms with Crippen LogP contribution in [0.2, 0.25) is 0 Å². The minimum Gasteiger partial charge on any atom is -0.464 e. The predicted molar refractivity (Wildman–Crippen MR) is 129 cm³/mol. The largest absolute Gasteiger partial charge is 0.464 e. The molecule has 0 saturated heterocycles. The van der Waals surface area contributed by atoms with E-state index >= 15 is 0 Å². The Morgan fingerprint density at radius 2 is 1.66 bits per heavy atom. The van der Waals surface area contributed by atoms with Gasteiger partial charge in [-0.25, -0.2) is 9.97 Å². The van der Waals surface area contributed by atoms with Gasteiger partial charge in [-0.1, -0.05) is 57.2 Å². The maximum Gasteiger partial charge on any atom is 0.230 e. The minimum absolute atomic E-state index is 0.000242. The molecule has 3 heterocycles. The molecule has 4 heteroatoms. The third-order valence-electron chi connectivity index (χ3n) is 6.03. The minimum atomic E-state index is 0.000242. The summed E-state index contributed by atoms with van der Waals surface area (Å²) in [6.45, 7) is 6.74. The molecule has 0 unspecified atom stereocenters. The number of fused-ring (bicyclic) bond motifs is 3. The first-order chi connectivity index (χ1) is 15.5. The first-order valence-electron chi connectivity index (χ1n) is 10.7. The molecule has 6 rings (SSSR count). The average molecular weight is 418 g/mol. The van der Waals surface area contributed by atoms with E-state index in [0.717, 1.165) is 38.9 Å². The van der Waals surface area contributed by atoms with Gasteiger partial charge in [0.15, 0.2) is 0 Å². The maximum atomic E-state index is 6.19. The predicted octanol–water partition coefficient (Wildman–Crippen LogP) is 7.75. The lowest BCUT2D eigenvalue weighted by molar-refractivity contribution is 0.596. The molecule has 0 aliphatic heterocycles. The standard InChI is InChI=1S/C28H22N2O2/c1-28(2,3)23-14-18(13-17-7-4-5-8-19(17)23)26-22-15-25(32-27(22)30-16-29-26)20-9-6-10-24-21(20)11-12-31-24/h4-16H,1-3H3. The van der Waals surface area contributed by atoms with Crippen LogP contribution >= 0.6 is 0 Å².